The Balaban J connectivity index is 2.39. The summed E-state index contributed by atoms with van der Waals surface area (Å²) in [5, 5.41) is 3.75. The fourth-order valence-corrected chi connectivity index (χ4v) is 1.35. The van der Waals surface area contributed by atoms with Gasteiger partial charge in [-0.1, -0.05) is 16.8 Å². The fourth-order valence-electron chi connectivity index (χ4n) is 1.17. The molecular weight excluding hydrogens is 233 g/mol. The van der Waals surface area contributed by atoms with Crippen LogP contribution in [0.1, 0.15) is 18.9 Å². The number of benzene rings is 1. The van der Waals surface area contributed by atoms with Crippen LogP contribution in [0.5, 0.6) is 0 Å². The van der Waals surface area contributed by atoms with Crippen molar-refractivity contribution in [2.24, 2.45) is 5.73 Å². The lowest BCUT2D eigenvalue weighted by atomic mass is 10.2. The first-order chi connectivity index (χ1) is 7.58. The van der Waals surface area contributed by atoms with Crippen molar-refractivity contribution in [1.82, 2.24) is 10.1 Å². The molecule has 0 fully saturated rings. The number of nitrogens with zero attached hydrogens (tertiary/aromatic N) is 2. The summed E-state index contributed by atoms with van der Waals surface area (Å²) in [5.74, 6) is 0.186. The SMILES string of the molecule is CC(N)c1nc(-c2ccc(F)c(Cl)c2)no1. The summed E-state index contributed by atoms with van der Waals surface area (Å²) in [6.07, 6.45) is 0. The quantitative estimate of drug-likeness (QED) is 0.878. The lowest BCUT2D eigenvalue weighted by Crippen LogP contribution is -2.04. The highest BCUT2D eigenvalue weighted by molar-refractivity contribution is 6.31. The van der Waals surface area contributed by atoms with Crippen molar-refractivity contribution in [1.29, 1.82) is 0 Å². The Morgan fingerprint density at radius 1 is 1.50 bits per heavy atom. The molecule has 1 aromatic heterocycles. The average Bonchev–Trinajstić information content (AvgIpc) is 2.71. The van der Waals surface area contributed by atoms with Crippen molar-refractivity contribution in [2.45, 2.75) is 13.0 Å². The number of nitrogens with two attached hydrogens (primary N) is 1. The molecule has 6 heteroatoms. The Bertz CT molecular complexity index is 513. The van der Waals surface area contributed by atoms with Crippen LogP contribution in [0, 0.1) is 5.82 Å². The van der Waals surface area contributed by atoms with Crippen LogP contribution in [0.3, 0.4) is 0 Å². The number of hydrogen-bond acceptors (Lipinski definition) is 4. The van der Waals surface area contributed by atoms with Crippen LogP contribution >= 0.6 is 11.6 Å². The van der Waals surface area contributed by atoms with Gasteiger partial charge in [-0.15, -0.1) is 0 Å². The molecule has 1 heterocycles. The van der Waals surface area contributed by atoms with Gasteiger partial charge in [0.1, 0.15) is 5.82 Å². The van der Waals surface area contributed by atoms with Crippen LogP contribution in [0.25, 0.3) is 11.4 Å². The van der Waals surface area contributed by atoms with E-state index in [2.05, 4.69) is 10.1 Å². The van der Waals surface area contributed by atoms with Gasteiger partial charge in [0.05, 0.1) is 11.1 Å². The Hall–Kier alpha value is -1.46. The minimum atomic E-state index is -0.485. The van der Waals surface area contributed by atoms with Crippen molar-refractivity contribution in [3.8, 4) is 11.4 Å². The zero-order valence-corrected chi connectivity index (χ0v) is 9.20. The van der Waals surface area contributed by atoms with Crippen molar-refractivity contribution in [3.63, 3.8) is 0 Å². The molecule has 0 amide bonds. The molecule has 2 N–H and O–H groups in total. The summed E-state index contributed by atoms with van der Waals surface area (Å²) in [6, 6.07) is 3.88. The van der Waals surface area contributed by atoms with Crippen LogP contribution in [0.15, 0.2) is 22.7 Å². The Labute approximate surface area is 96.2 Å². The van der Waals surface area contributed by atoms with Crippen LogP contribution < -0.4 is 5.73 Å². The molecule has 1 aromatic carbocycles. The highest BCUT2D eigenvalue weighted by Gasteiger charge is 2.12. The molecule has 16 heavy (non-hydrogen) atoms. The van der Waals surface area contributed by atoms with Crippen LogP contribution in [0.2, 0.25) is 5.02 Å². The highest BCUT2D eigenvalue weighted by Crippen LogP contribution is 2.23. The average molecular weight is 242 g/mol. The van der Waals surface area contributed by atoms with Gasteiger partial charge in [-0.2, -0.15) is 4.98 Å². The Kier molecular flexibility index (Phi) is 2.89. The normalized spacial score (nSPS) is 12.8. The van der Waals surface area contributed by atoms with Gasteiger partial charge in [0.15, 0.2) is 0 Å². The van der Waals surface area contributed by atoms with E-state index in [-0.39, 0.29) is 11.1 Å². The van der Waals surface area contributed by atoms with Gasteiger partial charge < -0.3 is 10.3 Å². The first-order valence-electron chi connectivity index (χ1n) is 4.62. The van der Waals surface area contributed by atoms with E-state index >= 15 is 0 Å². The van der Waals surface area contributed by atoms with Gasteiger partial charge in [0, 0.05) is 5.56 Å². The van der Waals surface area contributed by atoms with E-state index in [1.165, 1.54) is 18.2 Å². The summed E-state index contributed by atoms with van der Waals surface area (Å²) in [7, 11) is 0. The van der Waals surface area contributed by atoms with E-state index in [0.717, 1.165) is 0 Å². The van der Waals surface area contributed by atoms with Gasteiger partial charge in [-0.05, 0) is 25.1 Å². The lowest BCUT2D eigenvalue weighted by Gasteiger charge is -1.96. The lowest BCUT2D eigenvalue weighted by molar-refractivity contribution is 0.362. The number of hydrogen-bond donors (Lipinski definition) is 1. The standard InChI is InChI=1S/C10H9ClFN3O/c1-5(13)10-14-9(15-16-10)6-2-3-8(12)7(11)4-6/h2-5H,13H2,1H3. The van der Waals surface area contributed by atoms with E-state index < -0.39 is 5.82 Å². The van der Waals surface area contributed by atoms with Crippen LogP contribution in [-0.4, -0.2) is 10.1 Å². The maximum absolute atomic E-state index is 12.9. The van der Waals surface area contributed by atoms with E-state index in [4.69, 9.17) is 21.9 Å². The molecule has 0 saturated heterocycles. The highest BCUT2D eigenvalue weighted by atomic mass is 35.5. The molecule has 0 saturated carbocycles. The van der Waals surface area contributed by atoms with Gasteiger partial charge in [-0.3, -0.25) is 0 Å². The first-order valence-corrected chi connectivity index (χ1v) is 5.00. The third kappa shape index (κ3) is 2.05. The molecule has 0 aliphatic carbocycles. The second kappa shape index (κ2) is 4.19. The van der Waals surface area contributed by atoms with Crippen molar-refractivity contribution >= 4 is 11.6 Å². The van der Waals surface area contributed by atoms with E-state index in [1.807, 2.05) is 0 Å². The third-order valence-corrected chi connectivity index (χ3v) is 2.30. The minimum Gasteiger partial charge on any atom is -0.337 e. The Morgan fingerprint density at radius 2 is 2.25 bits per heavy atom. The molecule has 2 rings (SSSR count). The maximum Gasteiger partial charge on any atom is 0.243 e. The molecule has 0 radical (unpaired) electrons. The molecule has 2 aromatic rings. The Morgan fingerprint density at radius 3 is 2.81 bits per heavy atom. The predicted octanol–water partition coefficient (Wildman–Crippen LogP) is 2.55. The number of aromatic nitrogens is 2. The first kappa shape index (κ1) is 11.0. The van der Waals surface area contributed by atoms with Gasteiger partial charge in [-0.25, -0.2) is 4.39 Å². The van der Waals surface area contributed by atoms with Gasteiger partial charge >= 0.3 is 0 Å². The van der Waals surface area contributed by atoms with E-state index in [9.17, 15) is 4.39 Å². The van der Waals surface area contributed by atoms with Crippen LogP contribution in [-0.2, 0) is 0 Å². The van der Waals surface area contributed by atoms with Gasteiger partial charge in [0.25, 0.3) is 0 Å². The predicted molar refractivity (Wildman–Crippen MR) is 57.3 cm³/mol. The summed E-state index contributed by atoms with van der Waals surface area (Å²) in [4.78, 5) is 4.07. The second-order valence-corrected chi connectivity index (χ2v) is 3.78. The maximum atomic E-state index is 12.9. The number of rotatable bonds is 2. The zero-order valence-electron chi connectivity index (χ0n) is 8.45. The summed E-state index contributed by atoms with van der Waals surface area (Å²) in [5.41, 5.74) is 6.16. The molecule has 0 aliphatic heterocycles. The molecule has 84 valence electrons. The minimum absolute atomic E-state index is 0.0182. The molecule has 4 nitrogen and oxygen atoms in total. The summed E-state index contributed by atoms with van der Waals surface area (Å²) in [6.45, 7) is 1.73. The van der Waals surface area contributed by atoms with Crippen molar-refractivity contribution in [2.75, 3.05) is 0 Å². The van der Waals surface area contributed by atoms with Crippen LogP contribution in [0.4, 0.5) is 4.39 Å². The summed E-state index contributed by atoms with van der Waals surface area (Å²) < 4.78 is 17.9. The second-order valence-electron chi connectivity index (χ2n) is 3.37. The fraction of sp³-hybridized carbons (Fsp3) is 0.200. The molecule has 0 spiro atoms. The third-order valence-electron chi connectivity index (χ3n) is 2.01. The summed E-state index contributed by atoms with van der Waals surface area (Å²) >= 11 is 5.65. The smallest absolute Gasteiger partial charge is 0.243 e. The zero-order chi connectivity index (χ0) is 11.7. The largest absolute Gasteiger partial charge is 0.337 e. The molecular formula is C10H9ClFN3O. The van der Waals surface area contributed by atoms with Gasteiger partial charge in [0.2, 0.25) is 11.7 Å². The van der Waals surface area contributed by atoms with Crippen molar-refractivity contribution in [3.05, 3.63) is 34.9 Å². The molecule has 0 aliphatic rings. The number of halogens is 2. The van der Waals surface area contributed by atoms with Crippen molar-refractivity contribution < 1.29 is 8.91 Å². The molecule has 1 atom stereocenters. The topological polar surface area (TPSA) is 64.9 Å². The van der Waals surface area contributed by atoms with E-state index in [1.54, 1.807) is 6.92 Å². The molecule has 1 unspecified atom stereocenters. The molecule has 0 bridgehead atoms. The van der Waals surface area contributed by atoms with E-state index in [0.29, 0.717) is 17.3 Å². The monoisotopic (exact) mass is 241 g/mol.